The van der Waals surface area contributed by atoms with E-state index in [-0.39, 0.29) is 11.7 Å². The summed E-state index contributed by atoms with van der Waals surface area (Å²) in [6, 6.07) is 14.9. The first kappa shape index (κ1) is 26.3. The van der Waals surface area contributed by atoms with Gasteiger partial charge in [-0.1, -0.05) is 30.3 Å². The predicted octanol–water partition coefficient (Wildman–Crippen LogP) is 6.48. The number of nitrogens with zero attached hydrogens (tertiary/aromatic N) is 3. The van der Waals surface area contributed by atoms with Gasteiger partial charge in [-0.3, -0.25) is 9.71 Å². The summed E-state index contributed by atoms with van der Waals surface area (Å²) >= 11 is 0.875. The van der Waals surface area contributed by atoms with E-state index in [2.05, 4.69) is 29.1 Å². The van der Waals surface area contributed by atoms with Gasteiger partial charge in [-0.05, 0) is 54.8 Å². The molecule has 1 atom stereocenters. The van der Waals surface area contributed by atoms with Crippen molar-refractivity contribution in [3.8, 4) is 17.0 Å². The number of rotatable bonds is 6. The monoisotopic (exact) mass is 552 g/mol. The molecule has 3 N–H and O–H groups in total. The Hall–Kier alpha value is -4.32. The maximum Gasteiger partial charge on any atom is 0.573 e. The summed E-state index contributed by atoms with van der Waals surface area (Å²) in [5.41, 5.74) is 7.32. The van der Waals surface area contributed by atoms with E-state index in [1.165, 1.54) is 12.1 Å². The number of hydrogen-bond donors (Lipinski definition) is 3. The van der Waals surface area contributed by atoms with Crippen LogP contribution < -0.4 is 14.8 Å². The van der Waals surface area contributed by atoms with Crippen LogP contribution in [0.1, 0.15) is 39.7 Å². The number of urea groups is 1. The number of amides is 2. The highest BCUT2D eigenvalue weighted by atomic mass is 32.2. The van der Waals surface area contributed by atoms with Gasteiger partial charge >= 0.3 is 12.4 Å². The molecule has 1 aliphatic carbocycles. The van der Waals surface area contributed by atoms with Crippen molar-refractivity contribution < 1.29 is 22.7 Å². The van der Waals surface area contributed by atoms with Crippen molar-refractivity contribution in [2.24, 2.45) is 4.40 Å². The summed E-state index contributed by atoms with van der Waals surface area (Å²) in [7, 11) is 0. The third kappa shape index (κ3) is 6.06. The summed E-state index contributed by atoms with van der Waals surface area (Å²) in [6.45, 7) is 3.84. The smallest absolute Gasteiger partial charge is 0.406 e. The molecule has 8 nitrogen and oxygen atoms in total. The molecule has 39 heavy (non-hydrogen) atoms. The fraction of sp³-hybridized carbons (Fsp3) is 0.185. The molecule has 5 rings (SSSR count). The number of para-hydroxylation sites is 1. The van der Waals surface area contributed by atoms with Crippen molar-refractivity contribution in [3.05, 3.63) is 94.7 Å². The molecule has 1 aliphatic rings. The largest absolute Gasteiger partial charge is 0.573 e. The number of hydrogen-bond acceptors (Lipinski definition) is 6. The fourth-order valence-corrected chi connectivity index (χ4v) is 4.87. The van der Waals surface area contributed by atoms with Crippen LogP contribution in [0.5, 0.6) is 5.75 Å². The second-order valence-electron chi connectivity index (χ2n) is 8.92. The van der Waals surface area contributed by atoms with E-state index in [4.69, 9.17) is 4.98 Å². The second-order valence-corrected chi connectivity index (χ2v) is 9.52. The van der Waals surface area contributed by atoms with Crippen LogP contribution in [-0.2, 0) is 6.42 Å². The number of aromatic amines is 1. The Morgan fingerprint density at radius 2 is 1.87 bits per heavy atom. The number of pyridine rings is 1. The molecule has 200 valence electrons. The van der Waals surface area contributed by atoms with Gasteiger partial charge in [-0.25, -0.2) is 14.2 Å². The van der Waals surface area contributed by atoms with Crippen LogP contribution in [0.15, 0.2) is 65.3 Å². The van der Waals surface area contributed by atoms with Gasteiger partial charge in [0.25, 0.3) is 0 Å². The van der Waals surface area contributed by atoms with Crippen LogP contribution in [0.2, 0.25) is 0 Å². The number of aryl methyl sites for hydroxylation is 2. The van der Waals surface area contributed by atoms with Gasteiger partial charge in [-0.15, -0.1) is 13.2 Å². The molecule has 12 heteroatoms. The van der Waals surface area contributed by atoms with Crippen LogP contribution in [0, 0.1) is 13.8 Å². The van der Waals surface area contributed by atoms with E-state index in [1.807, 2.05) is 44.2 Å². The molecule has 1 unspecified atom stereocenters. The summed E-state index contributed by atoms with van der Waals surface area (Å²) < 4.78 is 48.4. The highest BCUT2D eigenvalue weighted by molar-refractivity contribution is 7.96. The van der Waals surface area contributed by atoms with E-state index in [0.29, 0.717) is 12.1 Å². The van der Waals surface area contributed by atoms with Gasteiger partial charge in [0.15, 0.2) is 0 Å². The van der Waals surface area contributed by atoms with Crippen molar-refractivity contribution in [1.29, 1.82) is 0 Å². The number of fused-ring (bicyclic) bond motifs is 3. The minimum absolute atomic E-state index is 0.181. The van der Waals surface area contributed by atoms with Gasteiger partial charge in [0.05, 0.1) is 47.5 Å². The molecule has 0 saturated heterocycles. The lowest BCUT2D eigenvalue weighted by atomic mass is 9.83. The number of H-pyrrole nitrogens is 1. The number of ether oxygens (including phenoxy) is 1. The Morgan fingerprint density at radius 3 is 2.59 bits per heavy atom. The number of anilines is 1. The average Bonchev–Trinajstić information content (AvgIpc) is 3.38. The number of carbonyl (C=O) groups excluding carboxylic acids is 1. The minimum Gasteiger partial charge on any atom is -0.406 e. The van der Waals surface area contributed by atoms with Crippen LogP contribution in [0.25, 0.3) is 11.3 Å². The normalized spacial score (nSPS) is 14.5. The average molecular weight is 553 g/mol. The van der Waals surface area contributed by atoms with Crippen LogP contribution in [0.3, 0.4) is 0 Å². The van der Waals surface area contributed by atoms with Gasteiger partial charge < -0.3 is 15.0 Å². The molecule has 2 aromatic carbocycles. The lowest BCUT2D eigenvalue weighted by Crippen LogP contribution is -2.23. The topological polar surface area (TPSA) is 104 Å². The highest BCUT2D eigenvalue weighted by Gasteiger charge is 2.32. The third-order valence-electron chi connectivity index (χ3n) is 6.28. The Kier molecular flexibility index (Phi) is 7.29. The maximum atomic E-state index is 12.5. The Morgan fingerprint density at radius 1 is 1.13 bits per heavy atom. The molecule has 0 fully saturated rings. The first-order valence-electron chi connectivity index (χ1n) is 11.9. The highest BCUT2D eigenvalue weighted by Crippen LogP contribution is 2.40. The van der Waals surface area contributed by atoms with Gasteiger partial charge in [-0.2, -0.15) is 0 Å². The molecule has 2 aromatic heterocycles. The quantitative estimate of drug-likeness (QED) is 0.188. The SMILES string of the molecule is Cc1cccc(C)c1NC(=O)NSN=Cc1ccc2c(n1)CC(c1ccc(OC(F)(F)F)cc1)c1[nH]cnc1-2. The van der Waals surface area contributed by atoms with E-state index >= 15 is 0 Å². The zero-order chi connectivity index (χ0) is 27.6. The predicted molar refractivity (Wildman–Crippen MR) is 144 cm³/mol. The molecule has 0 bridgehead atoms. The molecule has 0 aliphatic heterocycles. The molecular weight excluding hydrogens is 529 g/mol. The number of aromatic nitrogens is 3. The maximum absolute atomic E-state index is 12.5. The first-order valence-corrected chi connectivity index (χ1v) is 12.7. The number of carbonyl (C=O) groups is 1. The van der Waals surface area contributed by atoms with Crippen molar-refractivity contribution in [2.45, 2.75) is 32.5 Å². The minimum atomic E-state index is -4.75. The standard InChI is InChI=1S/C27H23F3N6O2S/c1-15-4-3-5-16(2)23(15)35-26(37)36-39-33-13-18-8-11-20-22(34-18)12-21(25-24(20)31-14-32-25)17-6-9-19(10-7-17)38-27(28,29)30/h3-11,13-14,21H,12H2,1-2H3,(H,31,32)(H2,35,36,37). The Bertz CT molecular complexity index is 1520. The third-order valence-corrected chi connectivity index (χ3v) is 6.76. The molecular formula is C27H23F3N6O2S. The van der Waals surface area contributed by atoms with Crippen LogP contribution in [-0.4, -0.2) is 33.6 Å². The molecule has 0 spiro atoms. The Balaban J connectivity index is 1.27. The van der Waals surface area contributed by atoms with E-state index in [9.17, 15) is 18.0 Å². The van der Waals surface area contributed by atoms with Gasteiger partial charge in [0.2, 0.25) is 0 Å². The molecule has 4 aromatic rings. The number of imidazole rings is 1. The zero-order valence-electron chi connectivity index (χ0n) is 20.8. The van der Waals surface area contributed by atoms with E-state index < -0.39 is 12.4 Å². The molecule has 2 amide bonds. The lowest BCUT2D eigenvalue weighted by Gasteiger charge is -2.24. The van der Waals surface area contributed by atoms with Crippen molar-refractivity contribution in [3.63, 3.8) is 0 Å². The van der Waals surface area contributed by atoms with Crippen LogP contribution >= 0.6 is 12.1 Å². The Labute approximate surface area is 226 Å². The van der Waals surface area contributed by atoms with Crippen molar-refractivity contribution in [2.75, 3.05) is 5.32 Å². The van der Waals surface area contributed by atoms with Crippen molar-refractivity contribution >= 4 is 30.1 Å². The first-order chi connectivity index (χ1) is 18.7. The number of halogens is 3. The fourth-order valence-electron chi connectivity index (χ4n) is 4.53. The molecule has 0 radical (unpaired) electrons. The summed E-state index contributed by atoms with van der Waals surface area (Å²) in [6.07, 6.45) is -1.10. The summed E-state index contributed by atoms with van der Waals surface area (Å²) in [4.78, 5) is 24.6. The summed E-state index contributed by atoms with van der Waals surface area (Å²) in [5, 5.41) is 2.83. The van der Waals surface area contributed by atoms with E-state index in [0.717, 1.165) is 57.2 Å². The number of benzene rings is 2. The molecule has 2 heterocycles. The van der Waals surface area contributed by atoms with Gasteiger partial charge in [0, 0.05) is 23.6 Å². The zero-order valence-corrected chi connectivity index (χ0v) is 21.7. The summed E-state index contributed by atoms with van der Waals surface area (Å²) in [5.74, 6) is -0.461. The van der Waals surface area contributed by atoms with Gasteiger partial charge in [0.1, 0.15) is 5.75 Å². The molecule has 0 saturated carbocycles. The lowest BCUT2D eigenvalue weighted by molar-refractivity contribution is -0.274. The second kappa shape index (κ2) is 10.8. The number of nitrogens with one attached hydrogen (secondary N) is 3. The van der Waals surface area contributed by atoms with Crippen LogP contribution in [0.4, 0.5) is 23.7 Å². The van der Waals surface area contributed by atoms with Crippen molar-refractivity contribution in [1.82, 2.24) is 19.7 Å². The number of alkyl halides is 3. The van der Waals surface area contributed by atoms with E-state index in [1.54, 1.807) is 24.7 Å².